The molecule has 3 heterocycles. The summed E-state index contributed by atoms with van der Waals surface area (Å²) in [5, 5.41) is 5.93. The summed E-state index contributed by atoms with van der Waals surface area (Å²) in [7, 11) is 0. The molecule has 1 aromatic carbocycles. The Kier molecular flexibility index (Phi) is 7.24. The topological polar surface area (TPSA) is 44.3 Å². The van der Waals surface area contributed by atoms with Crippen molar-refractivity contribution in [2.24, 2.45) is 0 Å². The van der Waals surface area contributed by atoms with Gasteiger partial charge in [-0.1, -0.05) is 36.4 Å². The first-order valence-corrected chi connectivity index (χ1v) is 11.4. The number of piperazine rings is 1. The lowest BCUT2D eigenvalue weighted by Crippen LogP contribution is -2.49. The summed E-state index contributed by atoms with van der Waals surface area (Å²) in [6.45, 7) is 9.77. The molecule has 1 N–H and O–H groups in total. The first-order chi connectivity index (χ1) is 14.8. The molecule has 0 radical (unpaired) electrons. The maximum Gasteiger partial charge on any atom is 0.147 e. The van der Waals surface area contributed by atoms with Crippen LogP contribution in [0.1, 0.15) is 22.0 Å². The average Bonchev–Trinajstić information content (AvgIpc) is 3.32. The molecule has 1 saturated heterocycles. The van der Waals surface area contributed by atoms with Crippen LogP contribution in [0.15, 0.2) is 73.0 Å². The number of nitrogens with zero attached hydrogens (tertiary/aromatic N) is 4. The summed E-state index contributed by atoms with van der Waals surface area (Å²) in [6, 6.07) is 13.6. The fourth-order valence-corrected chi connectivity index (χ4v) is 4.51. The van der Waals surface area contributed by atoms with Crippen molar-refractivity contribution in [3.05, 3.63) is 89.0 Å². The Hall–Kier alpha value is -2.54. The molecular weight excluding hydrogens is 390 g/mol. The molecule has 5 nitrogen and oxygen atoms in total. The molecule has 3 aromatic rings. The summed E-state index contributed by atoms with van der Waals surface area (Å²) >= 11 is 1.81. The normalized spacial score (nSPS) is 15.8. The van der Waals surface area contributed by atoms with E-state index < -0.39 is 0 Å². The molecule has 1 aliphatic heterocycles. The quantitative estimate of drug-likeness (QED) is 0.533. The predicted molar refractivity (Wildman–Crippen MR) is 125 cm³/mol. The van der Waals surface area contributed by atoms with E-state index in [1.807, 2.05) is 12.3 Å². The third kappa shape index (κ3) is 5.53. The third-order valence-electron chi connectivity index (χ3n) is 5.55. The molecule has 0 aliphatic carbocycles. The second-order valence-corrected chi connectivity index (χ2v) is 8.63. The zero-order chi connectivity index (χ0) is 20.6. The Bertz CT molecular complexity index is 887. The van der Waals surface area contributed by atoms with E-state index in [9.17, 15) is 0 Å². The molecule has 1 unspecified atom stereocenters. The fourth-order valence-electron chi connectivity index (χ4n) is 3.85. The van der Waals surface area contributed by atoms with Gasteiger partial charge in [0.25, 0.3) is 0 Å². The minimum atomic E-state index is 0.299. The van der Waals surface area contributed by atoms with Gasteiger partial charge in [0, 0.05) is 62.6 Å². The molecule has 1 aliphatic rings. The van der Waals surface area contributed by atoms with Gasteiger partial charge >= 0.3 is 0 Å². The molecule has 30 heavy (non-hydrogen) atoms. The van der Waals surface area contributed by atoms with Gasteiger partial charge in [-0.15, -0.1) is 17.9 Å². The molecule has 0 spiro atoms. The highest BCUT2D eigenvalue weighted by Gasteiger charge is 2.22. The Balaban J connectivity index is 1.39. The molecule has 0 bridgehead atoms. The number of thiophene rings is 1. The van der Waals surface area contributed by atoms with Crippen LogP contribution in [0, 0.1) is 0 Å². The van der Waals surface area contributed by atoms with Gasteiger partial charge in [0.15, 0.2) is 0 Å². The van der Waals surface area contributed by atoms with Gasteiger partial charge in [-0.05, 0) is 29.0 Å². The number of allylic oxidation sites excluding steroid dienone is 1. The first-order valence-electron chi connectivity index (χ1n) is 10.5. The Morgan fingerprint density at radius 2 is 1.93 bits per heavy atom. The molecule has 0 saturated carbocycles. The van der Waals surface area contributed by atoms with E-state index in [1.165, 1.54) is 16.0 Å². The highest BCUT2D eigenvalue weighted by Crippen LogP contribution is 2.20. The van der Waals surface area contributed by atoms with Crippen molar-refractivity contribution in [3.63, 3.8) is 0 Å². The lowest BCUT2D eigenvalue weighted by Gasteiger charge is -2.37. The molecule has 6 heteroatoms. The van der Waals surface area contributed by atoms with Gasteiger partial charge in [-0.3, -0.25) is 9.88 Å². The van der Waals surface area contributed by atoms with Crippen LogP contribution in [-0.4, -0.2) is 47.6 Å². The van der Waals surface area contributed by atoms with Gasteiger partial charge in [0.2, 0.25) is 0 Å². The SMILES string of the molecule is C=CCc1ccc(C(CN2CCN(c3cnccn3)CC2)NCc2cccs2)cc1. The zero-order valence-electron chi connectivity index (χ0n) is 17.3. The number of hydrogen-bond donors (Lipinski definition) is 1. The van der Waals surface area contributed by atoms with Crippen molar-refractivity contribution >= 4 is 17.2 Å². The standard InChI is InChI=1S/C24H29N5S/c1-2-4-20-6-8-21(9-7-20)23(27-17-22-5-3-16-30-22)19-28-12-14-29(15-13-28)24-18-25-10-11-26-24/h2-3,5-11,16,18,23,27H,1,4,12-15,17,19H2. The molecule has 1 atom stereocenters. The van der Waals surface area contributed by atoms with Crippen LogP contribution in [-0.2, 0) is 13.0 Å². The molecule has 1 fully saturated rings. The average molecular weight is 420 g/mol. The van der Waals surface area contributed by atoms with Crippen molar-refractivity contribution in [1.29, 1.82) is 0 Å². The molecule has 0 amide bonds. The van der Waals surface area contributed by atoms with Crippen molar-refractivity contribution < 1.29 is 0 Å². The first kappa shape index (κ1) is 20.7. The third-order valence-corrected chi connectivity index (χ3v) is 6.43. The Morgan fingerprint density at radius 1 is 1.10 bits per heavy atom. The van der Waals surface area contributed by atoms with Crippen LogP contribution >= 0.6 is 11.3 Å². The minimum absolute atomic E-state index is 0.299. The highest BCUT2D eigenvalue weighted by molar-refractivity contribution is 7.09. The van der Waals surface area contributed by atoms with E-state index in [-0.39, 0.29) is 0 Å². The number of anilines is 1. The van der Waals surface area contributed by atoms with Gasteiger partial charge in [-0.25, -0.2) is 4.98 Å². The number of benzene rings is 1. The summed E-state index contributed by atoms with van der Waals surface area (Å²) in [4.78, 5) is 14.9. The van der Waals surface area contributed by atoms with Crippen molar-refractivity contribution in [3.8, 4) is 0 Å². The largest absolute Gasteiger partial charge is 0.353 e. The van der Waals surface area contributed by atoms with Crippen LogP contribution in [0.5, 0.6) is 0 Å². The van der Waals surface area contributed by atoms with E-state index in [0.29, 0.717) is 6.04 Å². The summed E-state index contributed by atoms with van der Waals surface area (Å²) in [5.74, 6) is 0.974. The van der Waals surface area contributed by atoms with Crippen LogP contribution < -0.4 is 10.2 Å². The van der Waals surface area contributed by atoms with Gasteiger partial charge in [0.05, 0.1) is 6.20 Å². The monoisotopic (exact) mass is 419 g/mol. The fraction of sp³-hybridized carbons (Fsp3) is 0.333. The maximum atomic E-state index is 4.44. The van der Waals surface area contributed by atoms with Crippen LogP contribution in [0.2, 0.25) is 0 Å². The summed E-state index contributed by atoms with van der Waals surface area (Å²) in [6.07, 6.45) is 8.22. The van der Waals surface area contributed by atoms with E-state index in [2.05, 4.69) is 73.4 Å². The van der Waals surface area contributed by atoms with Gasteiger partial charge in [0.1, 0.15) is 5.82 Å². The van der Waals surface area contributed by atoms with Gasteiger partial charge < -0.3 is 10.2 Å². The lowest BCUT2D eigenvalue weighted by atomic mass is 10.0. The Morgan fingerprint density at radius 3 is 2.60 bits per heavy atom. The molecular formula is C24H29N5S. The lowest BCUT2D eigenvalue weighted by molar-refractivity contribution is 0.228. The minimum Gasteiger partial charge on any atom is -0.353 e. The van der Waals surface area contributed by atoms with E-state index >= 15 is 0 Å². The smallest absolute Gasteiger partial charge is 0.147 e. The number of aromatic nitrogens is 2. The van der Waals surface area contributed by atoms with E-state index in [4.69, 9.17) is 0 Å². The molecule has 156 valence electrons. The summed E-state index contributed by atoms with van der Waals surface area (Å²) < 4.78 is 0. The number of rotatable bonds is 9. The van der Waals surface area contributed by atoms with Crippen LogP contribution in [0.3, 0.4) is 0 Å². The van der Waals surface area contributed by atoms with E-state index in [1.54, 1.807) is 23.7 Å². The maximum absolute atomic E-state index is 4.44. The Labute approximate surface area is 183 Å². The van der Waals surface area contributed by atoms with Crippen molar-refractivity contribution in [2.45, 2.75) is 19.0 Å². The van der Waals surface area contributed by atoms with Crippen molar-refractivity contribution in [2.75, 3.05) is 37.6 Å². The highest BCUT2D eigenvalue weighted by atomic mass is 32.1. The van der Waals surface area contributed by atoms with Gasteiger partial charge in [-0.2, -0.15) is 0 Å². The number of nitrogens with one attached hydrogen (secondary N) is 1. The van der Waals surface area contributed by atoms with E-state index in [0.717, 1.165) is 51.5 Å². The van der Waals surface area contributed by atoms with Crippen LogP contribution in [0.4, 0.5) is 5.82 Å². The molecule has 2 aromatic heterocycles. The second-order valence-electron chi connectivity index (χ2n) is 7.60. The van der Waals surface area contributed by atoms with Crippen LogP contribution in [0.25, 0.3) is 0 Å². The zero-order valence-corrected chi connectivity index (χ0v) is 18.1. The van der Waals surface area contributed by atoms with Crippen molar-refractivity contribution in [1.82, 2.24) is 20.2 Å². The molecule has 4 rings (SSSR count). The summed E-state index contributed by atoms with van der Waals surface area (Å²) in [5.41, 5.74) is 2.65. The predicted octanol–water partition coefficient (Wildman–Crippen LogP) is 3.92. The number of hydrogen-bond acceptors (Lipinski definition) is 6. The second kappa shape index (κ2) is 10.5.